The molecule has 6 heteroatoms. The first-order chi connectivity index (χ1) is 10.0. The van der Waals surface area contributed by atoms with Crippen molar-refractivity contribution < 1.29 is 9.59 Å². The van der Waals surface area contributed by atoms with Crippen molar-refractivity contribution in [2.24, 2.45) is 0 Å². The van der Waals surface area contributed by atoms with Crippen molar-refractivity contribution in [3.63, 3.8) is 0 Å². The summed E-state index contributed by atoms with van der Waals surface area (Å²) in [5.74, 6) is -0.0338. The summed E-state index contributed by atoms with van der Waals surface area (Å²) in [6, 6.07) is 5.49. The molecule has 0 aliphatic carbocycles. The summed E-state index contributed by atoms with van der Waals surface area (Å²) in [5, 5.41) is 2.61. The van der Waals surface area contributed by atoms with E-state index in [1.165, 1.54) is 0 Å². The zero-order valence-corrected chi connectivity index (χ0v) is 12.6. The van der Waals surface area contributed by atoms with Crippen LogP contribution in [0.4, 0.5) is 5.69 Å². The number of nitrogens with two attached hydrogens (primary N) is 1. The quantitative estimate of drug-likeness (QED) is 0.773. The molecule has 114 valence electrons. The molecule has 6 nitrogen and oxygen atoms in total. The number of amides is 2. The van der Waals surface area contributed by atoms with E-state index in [-0.39, 0.29) is 11.8 Å². The number of hydrogen-bond donors (Lipinski definition) is 2. The van der Waals surface area contributed by atoms with Crippen molar-refractivity contribution in [1.29, 1.82) is 0 Å². The Bertz CT molecular complexity index is 536. The van der Waals surface area contributed by atoms with Crippen molar-refractivity contribution in [2.75, 3.05) is 45.5 Å². The molecule has 1 aliphatic rings. The van der Waals surface area contributed by atoms with Gasteiger partial charge in [0.1, 0.15) is 0 Å². The molecule has 0 aromatic heterocycles. The molecule has 0 bridgehead atoms. The highest BCUT2D eigenvalue weighted by molar-refractivity contribution is 5.99. The third kappa shape index (κ3) is 3.72. The molecule has 1 heterocycles. The Morgan fingerprint density at radius 2 is 1.90 bits per heavy atom. The Morgan fingerprint density at radius 3 is 2.52 bits per heavy atom. The average molecular weight is 290 g/mol. The van der Waals surface area contributed by atoms with Crippen LogP contribution < -0.4 is 11.1 Å². The van der Waals surface area contributed by atoms with E-state index in [2.05, 4.69) is 5.32 Å². The van der Waals surface area contributed by atoms with Crippen LogP contribution in [-0.2, 0) is 4.79 Å². The lowest BCUT2D eigenvalue weighted by molar-refractivity contribution is -0.122. The monoisotopic (exact) mass is 290 g/mol. The molecule has 0 saturated carbocycles. The highest BCUT2D eigenvalue weighted by Gasteiger charge is 2.24. The van der Waals surface area contributed by atoms with E-state index in [1.807, 2.05) is 24.0 Å². The van der Waals surface area contributed by atoms with Crippen LogP contribution in [0.15, 0.2) is 18.2 Å². The Kier molecular flexibility index (Phi) is 4.80. The Labute approximate surface area is 124 Å². The molecular weight excluding hydrogens is 268 g/mol. The summed E-state index contributed by atoms with van der Waals surface area (Å²) in [5.41, 5.74) is 7.99. The van der Waals surface area contributed by atoms with Gasteiger partial charge in [0.25, 0.3) is 5.91 Å². The second-order valence-electron chi connectivity index (χ2n) is 5.33. The third-order valence-corrected chi connectivity index (χ3v) is 3.74. The zero-order chi connectivity index (χ0) is 15.4. The van der Waals surface area contributed by atoms with Gasteiger partial charge in [-0.2, -0.15) is 0 Å². The molecule has 1 aromatic rings. The normalized spacial score (nSPS) is 15.8. The number of nitrogens with one attached hydrogen (secondary N) is 1. The van der Waals surface area contributed by atoms with Crippen molar-refractivity contribution in [3.8, 4) is 0 Å². The van der Waals surface area contributed by atoms with Crippen molar-refractivity contribution in [3.05, 3.63) is 29.3 Å². The molecule has 0 spiro atoms. The molecule has 0 radical (unpaired) electrons. The van der Waals surface area contributed by atoms with Crippen LogP contribution in [0, 0.1) is 6.92 Å². The first-order valence-electron chi connectivity index (χ1n) is 7.09. The lowest BCUT2D eigenvalue weighted by Crippen LogP contribution is -2.51. The summed E-state index contributed by atoms with van der Waals surface area (Å²) in [4.78, 5) is 27.7. The van der Waals surface area contributed by atoms with Crippen LogP contribution >= 0.6 is 0 Å². The average Bonchev–Trinajstić information content (AvgIpc) is 2.49. The maximum Gasteiger partial charge on any atom is 0.256 e. The molecule has 1 fully saturated rings. The topological polar surface area (TPSA) is 78.7 Å². The molecule has 0 unspecified atom stereocenters. The Balaban J connectivity index is 1.97. The largest absolute Gasteiger partial charge is 0.398 e. The molecule has 21 heavy (non-hydrogen) atoms. The summed E-state index contributed by atoms with van der Waals surface area (Å²) in [6.45, 7) is 4.95. The lowest BCUT2D eigenvalue weighted by Gasteiger charge is -2.34. The molecule has 0 atom stereocenters. The minimum atomic E-state index is -0.0317. The van der Waals surface area contributed by atoms with Crippen LogP contribution in [0.1, 0.15) is 15.9 Å². The van der Waals surface area contributed by atoms with Crippen molar-refractivity contribution in [1.82, 2.24) is 15.1 Å². The van der Waals surface area contributed by atoms with E-state index in [0.29, 0.717) is 44.0 Å². The maximum absolute atomic E-state index is 12.5. The van der Waals surface area contributed by atoms with E-state index in [0.717, 1.165) is 5.56 Å². The highest BCUT2D eigenvalue weighted by atomic mass is 16.2. The zero-order valence-electron chi connectivity index (χ0n) is 12.6. The van der Waals surface area contributed by atoms with Gasteiger partial charge >= 0.3 is 0 Å². The smallest absolute Gasteiger partial charge is 0.256 e. The number of carbonyl (C=O) groups excluding carboxylic acids is 2. The van der Waals surface area contributed by atoms with Gasteiger partial charge in [0.05, 0.1) is 12.1 Å². The van der Waals surface area contributed by atoms with Gasteiger partial charge in [0, 0.05) is 38.9 Å². The van der Waals surface area contributed by atoms with Crippen LogP contribution in [0.3, 0.4) is 0 Å². The number of likely N-dealkylation sites (N-methyl/N-ethyl adjacent to an activating group) is 1. The molecule has 2 amide bonds. The van der Waals surface area contributed by atoms with Gasteiger partial charge in [-0.15, -0.1) is 0 Å². The SMILES string of the molecule is CNC(=O)CN1CCN(C(=O)c2cc(C)ccc2N)CC1. The number of nitrogens with zero attached hydrogens (tertiary/aromatic N) is 2. The van der Waals surface area contributed by atoms with Crippen LogP contribution in [0.5, 0.6) is 0 Å². The number of nitrogen functional groups attached to an aromatic ring is 1. The molecule has 1 aromatic carbocycles. The third-order valence-electron chi connectivity index (χ3n) is 3.74. The fourth-order valence-electron chi connectivity index (χ4n) is 2.42. The van der Waals surface area contributed by atoms with E-state index >= 15 is 0 Å². The van der Waals surface area contributed by atoms with E-state index in [9.17, 15) is 9.59 Å². The van der Waals surface area contributed by atoms with Crippen LogP contribution in [0.25, 0.3) is 0 Å². The standard InChI is InChI=1S/C15H22N4O2/c1-11-3-4-13(16)12(9-11)15(21)19-7-5-18(6-8-19)10-14(20)17-2/h3-4,9H,5-8,10,16H2,1-2H3,(H,17,20). The second kappa shape index (κ2) is 6.58. The van der Waals surface area contributed by atoms with Gasteiger partial charge < -0.3 is 16.0 Å². The first kappa shape index (κ1) is 15.3. The molecule has 1 aliphatic heterocycles. The van der Waals surface area contributed by atoms with Gasteiger partial charge in [-0.1, -0.05) is 11.6 Å². The number of rotatable bonds is 3. The first-order valence-corrected chi connectivity index (χ1v) is 7.09. The highest BCUT2D eigenvalue weighted by Crippen LogP contribution is 2.17. The van der Waals surface area contributed by atoms with Crippen LogP contribution in [-0.4, -0.2) is 61.4 Å². The van der Waals surface area contributed by atoms with Crippen LogP contribution in [0.2, 0.25) is 0 Å². The number of benzene rings is 1. The molecule has 2 rings (SSSR count). The van der Waals surface area contributed by atoms with Gasteiger partial charge in [0.15, 0.2) is 0 Å². The van der Waals surface area contributed by atoms with E-state index < -0.39 is 0 Å². The summed E-state index contributed by atoms with van der Waals surface area (Å²) >= 11 is 0. The predicted molar refractivity (Wildman–Crippen MR) is 82.0 cm³/mol. The molecule has 3 N–H and O–H groups in total. The minimum absolute atomic E-state index is 0.00212. The summed E-state index contributed by atoms with van der Waals surface area (Å²) in [7, 11) is 1.63. The van der Waals surface area contributed by atoms with Gasteiger partial charge in [0.2, 0.25) is 5.91 Å². The fourth-order valence-corrected chi connectivity index (χ4v) is 2.42. The number of anilines is 1. The molecular formula is C15H22N4O2. The van der Waals surface area contributed by atoms with Gasteiger partial charge in [-0.25, -0.2) is 0 Å². The molecule has 1 saturated heterocycles. The number of carbonyl (C=O) groups is 2. The summed E-state index contributed by atoms with van der Waals surface area (Å²) in [6.07, 6.45) is 0. The predicted octanol–water partition coefficient (Wildman–Crippen LogP) is 0.0810. The maximum atomic E-state index is 12.5. The van der Waals surface area contributed by atoms with Crippen molar-refractivity contribution in [2.45, 2.75) is 6.92 Å². The second-order valence-corrected chi connectivity index (χ2v) is 5.33. The minimum Gasteiger partial charge on any atom is -0.398 e. The lowest BCUT2D eigenvalue weighted by atomic mass is 10.1. The Morgan fingerprint density at radius 1 is 1.24 bits per heavy atom. The number of aryl methyl sites for hydroxylation is 1. The summed E-state index contributed by atoms with van der Waals surface area (Å²) < 4.78 is 0. The Hall–Kier alpha value is -2.08. The van der Waals surface area contributed by atoms with E-state index in [4.69, 9.17) is 5.73 Å². The number of piperazine rings is 1. The van der Waals surface area contributed by atoms with E-state index in [1.54, 1.807) is 18.0 Å². The van der Waals surface area contributed by atoms with Crippen molar-refractivity contribution >= 4 is 17.5 Å². The fraction of sp³-hybridized carbons (Fsp3) is 0.467. The number of hydrogen-bond acceptors (Lipinski definition) is 4. The van der Waals surface area contributed by atoms with Gasteiger partial charge in [-0.05, 0) is 19.1 Å². The van der Waals surface area contributed by atoms with Gasteiger partial charge in [-0.3, -0.25) is 14.5 Å².